The van der Waals surface area contributed by atoms with Crippen LogP contribution in [0.25, 0.3) is 0 Å². The fourth-order valence-corrected chi connectivity index (χ4v) is 4.51. The molecule has 1 aromatic carbocycles. The van der Waals surface area contributed by atoms with E-state index in [1.165, 1.54) is 12.1 Å². The monoisotopic (exact) mass is 375 g/mol. The normalized spacial score (nSPS) is 15.4. The van der Waals surface area contributed by atoms with Crippen LogP contribution < -0.4 is 16.0 Å². The predicted molar refractivity (Wildman–Crippen MR) is 99.1 cm³/mol. The predicted octanol–water partition coefficient (Wildman–Crippen LogP) is 1.30. The minimum Gasteiger partial charge on any atom is -0.387 e. The summed E-state index contributed by atoms with van der Waals surface area (Å²) < 4.78 is 25.2. The van der Waals surface area contributed by atoms with E-state index < -0.39 is 15.1 Å². The number of rotatable bonds is 5. The number of para-hydroxylation sites is 1. The van der Waals surface area contributed by atoms with Crippen LogP contribution in [-0.2, 0) is 9.84 Å². The van der Waals surface area contributed by atoms with E-state index in [0.29, 0.717) is 37.2 Å². The SMILES string of the molecule is CNc1ccccc1C(=O)Nc1ccc(S(=O)(=O)C2CCNCC2)nn1. The molecule has 9 heteroatoms. The van der Waals surface area contributed by atoms with Crippen molar-refractivity contribution in [1.82, 2.24) is 15.5 Å². The number of aromatic nitrogens is 2. The number of piperidine rings is 1. The van der Waals surface area contributed by atoms with Crippen LogP contribution in [0.15, 0.2) is 41.4 Å². The lowest BCUT2D eigenvalue weighted by Gasteiger charge is -2.21. The summed E-state index contributed by atoms with van der Waals surface area (Å²) in [7, 11) is -1.78. The average molecular weight is 375 g/mol. The minimum atomic E-state index is -3.51. The topological polar surface area (TPSA) is 113 Å². The molecule has 3 rings (SSSR count). The van der Waals surface area contributed by atoms with Gasteiger partial charge in [-0.05, 0) is 50.2 Å². The van der Waals surface area contributed by atoms with E-state index in [-0.39, 0.29) is 16.8 Å². The van der Waals surface area contributed by atoms with E-state index in [0.717, 1.165) is 0 Å². The zero-order valence-electron chi connectivity index (χ0n) is 14.4. The highest BCUT2D eigenvalue weighted by Crippen LogP contribution is 2.21. The number of carbonyl (C=O) groups excluding carboxylic acids is 1. The lowest BCUT2D eigenvalue weighted by molar-refractivity contribution is 0.102. The van der Waals surface area contributed by atoms with E-state index in [1.807, 2.05) is 6.07 Å². The van der Waals surface area contributed by atoms with Gasteiger partial charge in [0.05, 0.1) is 10.8 Å². The quantitative estimate of drug-likeness (QED) is 0.722. The number of amides is 1. The Morgan fingerprint density at radius 3 is 2.50 bits per heavy atom. The Hall–Kier alpha value is -2.52. The lowest BCUT2D eigenvalue weighted by Crippen LogP contribution is -2.36. The Morgan fingerprint density at radius 1 is 1.12 bits per heavy atom. The highest BCUT2D eigenvalue weighted by molar-refractivity contribution is 7.92. The second-order valence-corrected chi connectivity index (χ2v) is 8.18. The van der Waals surface area contributed by atoms with Crippen LogP contribution >= 0.6 is 0 Å². The van der Waals surface area contributed by atoms with Gasteiger partial charge >= 0.3 is 0 Å². The molecule has 1 amide bonds. The van der Waals surface area contributed by atoms with E-state index in [1.54, 1.807) is 25.2 Å². The van der Waals surface area contributed by atoms with Crippen molar-refractivity contribution >= 4 is 27.2 Å². The molecule has 1 aromatic heterocycles. The Morgan fingerprint density at radius 2 is 1.85 bits per heavy atom. The molecule has 138 valence electrons. The molecule has 8 nitrogen and oxygen atoms in total. The second-order valence-electron chi connectivity index (χ2n) is 6.00. The fraction of sp³-hybridized carbons (Fsp3) is 0.353. The minimum absolute atomic E-state index is 0.0574. The van der Waals surface area contributed by atoms with Crippen molar-refractivity contribution in [2.75, 3.05) is 30.8 Å². The van der Waals surface area contributed by atoms with Gasteiger partial charge < -0.3 is 16.0 Å². The van der Waals surface area contributed by atoms with Crippen LogP contribution in [0.2, 0.25) is 0 Å². The highest BCUT2D eigenvalue weighted by atomic mass is 32.2. The molecule has 1 aliphatic heterocycles. The summed E-state index contributed by atoms with van der Waals surface area (Å²) in [5.41, 5.74) is 1.14. The molecule has 1 aliphatic rings. The first-order valence-corrected chi connectivity index (χ1v) is 9.93. The second kappa shape index (κ2) is 7.79. The number of nitrogens with one attached hydrogen (secondary N) is 3. The summed E-state index contributed by atoms with van der Waals surface area (Å²) in [6.07, 6.45) is 1.12. The third kappa shape index (κ3) is 3.83. The van der Waals surface area contributed by atoms with Gasteiger partial charge in [0.2, 0.25) is 0 Å². The van der Waals surface area contributed by atoms with Crippen LogP contribution in [-0.4, -0.2) is 49.9 Å². The molecule has 2 heterocycles. The number of anilines is 2. The maximum Gasteiger partial charge on any atom is 0.258 e. The molecule has 26 heavy (non-hydrogen) atoms. The molecule has 0 unspecified atom stereocenters. The molecule has 0 atom stereocenters. The fourth-order valence-electron chi connectivity index (χ4n) is 2.90. The van der Waals surface area contributed by atoms with Gasteiger partial charge in [-0.3, -0.25) is 4.79 Å². The van der Waals surface area contributed by atoms with Gasteiger partial charge in [0, 0.05) is 12.7 Å². The van der Waals surface area contributed by atoms with Gasteiger partial charge in [-0.1, -0.05) is 12.1 Å². The van der Waals surface area contributed by atoms with Crippen molar-refractivity contribution in [2.24, 2.45) is 0 Å². The van der Waals surface area contributed by atoms with Crippen LogP contribution in [0.3, 0.4) is 0 Å². The summed E-state index contributed by atoms with van der Waals surface area (Å²) in [5.74, 6) is -0.150. The number of benzene rings is 1. The Kier molecular flexibility index (Phi) is 5.48. The van der Waals surface area contributed by atoms with Crippen molar-refractivity contribution in [1.29, 1.82) is 0 Å². The van der Waals surface area contributed by atoms with E-state index >= 15 is 0 Å². The number of hydrogen-bond acceptors (Lipinski definition) is 7. The first kappa shape index (κ1) is 18.3. The van der Waals surface area contributed by atoms with Gasteiger partial charge in [-0.15, -0.1) is 10.2 Å². The van der Waals surface area contributed by atoms with Gasteiger partial charge in [-0.25, -0.2) is 8.42 Å². The van der Waals surface area contributed by atoms with Crippen molar-refractivity contribution in [3.8, 4) is 0 Å². The molecular formula is C17H21N5O3S. The number of nitrogens with zero attached hydrogens (tertiary/aromatic N) is 2. The summed E-state index contributed by atoms with van der Waals surface area (Å²) in [6.45, 7) is 1.35. The Labute approximate surface area is 152 Å². The van der Waals surface area contributed by atoms with Crippen molar-refractivity contribution in [2.45, 2.75) is 23.1 Å². The van der Waals surface area contributed by atoms with Crippen molar-refractivity contribution < 1.29 is 13.2 Å². The van der Waals surface area contributed by atoms with Gasteiger partial charge in [-0.2, -0.15) is 0 Å². The third-order valence-corrected chi connectivity index (χ3v) is 6.49. The van der Waals surface area contributed by atoms with Crippen LogP contribution in [0.1, 0.15) is 23.2 Å². The summed E-state index contributed by atoms with van der Waals surface area (Å²) >= 11 is 0. The van der Waals surface area contributed by atoms with Crippen molar-refractivity contribution in [3.05, 3.63) is 42.0 Å². The van der Waals surface area contributed by atoms with Gasteiger partial charge in [0.1, 0.15) is 0 Å². The molecule has 0 bridgehead atoms. The maximum absolute atomic E-state index is 12.6. The molecule has 0 radical (unpaired) electrons. The molecule has 1 saturated heterocycles. The molecular weight excluding hydrogens is 354 g/mol. The number of sulfone groups is 1. The lowest BCUT2D eigenvalue weighted by atomic mass is 10.1. The molecule has 3 N–H and O–H groups in total. The average Bonchev–Trinajstić information content (AvgIpc) is 2.69. The van der Waals surface area contributed by atoms with E-state index in [2.05, 4.69) is 26.1 Å². The first-order chi connectivity index (χ1) is 12.5. The number of carbonyl (C=O) groups is 1. The molecule has 0 spiro atoms. The maximum atomic E-state index is 12.6. The zero-order chi connectivity index (χ0) is 18.6. The molecule has 0 aliphatic carbocycles. The van der Waals surface area contributed by atoms with Crippen LogP contribution in [0, 0.1) is 0 Å². The van der Waals surface area contributed by atoms with Crippen LogP contribution in [0.5, 0.6) is 0 Å². The standard InChI is InChI=1S/C17H21N5O3S/c1-18-14-5-3-2-4-13(14)17(23)20-15-6-7-16(22-21-15)26(24,25)12-8-10-19-11-9-12/h2-7,12,18-19H,8-11H2,1H3,(H,20,21,23). The largest absolute Gasteiger partial charge is 0.387 e. The highest BCUT2D eigenvalue weighted by Gasteiger charge is 2.30. The summed E-state index contributed by atoms with van der Waals surface area (Å²) in [4.78, 5) is 12.4. The zero-order valence-corrected chi connectivity index (χ0v) is 15.2. The molecule has 0 saturated carbocycles. The first-order valence-electron chi connectivity index (χ1n) is 8.39. The van der Waals surface area contributed by atoms with Crippen molar-refractivity contribution in [3.63, 3.8) is 0 Å². The Balaban J connectivity index is 1.74. The smallest absolute Gasteiger partial charge is 0.258 e. The molecule has 2 aromatic rings. The van der Waals surface area contributed by atoms with Gasteiger partial charge in [0.15, 0.2) is 20.7 Å². The Bertz CT molecular complexity index is 878. The summed E-state index contributed by atoms with van der Waals surface area (Å²) in [5, 5.41) is 15.9. The number of hydrogen-bond donors (Lipinski definition) is 3. The molecule has 1 fully saturated rings. The van der Waals surface area contributed by atoms with Crippen LogP contribution in [0.4, 0.5) is 11.5 Å². The van der Waals surface area contributed by atoms with Gasteiger partial charge in [0.25, 0.3) is 5.91 Å². The van der Waals surface area contributed by atoms with E-state index in [4.69, 9.17) is 0 Å². The summed E-state index contributed by atoms with van der Waals surface area (Å²) in [6, 6.07) is 9.91. The van der Waals surface area contributed by atoms with E-state index in [9.17, 15) is 13.2 Å². The third-order valence-electron chi connectivity index (χ3n) is 4.34.